The van der Waals surface area contributed by atoms with Crippen LogP contribution in [0.2, 0.25) is 0 Å². The van der Waals surface area contributed by atoms with Gasteiger partial charge in [0.1, 0.15) is 4.99 Å². The number of piperidine rings is 1. The van der Waals surface area contributed by atoms with Gasteiger partial charge in [0.2, 0.25) is 0 Å². The van der Waals surface area contributed by atoms with Crippen LogP contribution in [0.3, 0.4) is 0 Å². The zero-order valence-electron chi connectivity index (χ0n) is 11.1. The third kappa shape index (κ3) is 3.30. The Bertz CT molecular complexity index is 399. The molecule has 3 heteroatoms. The molecule has 0 spiro atoms. The summed E-state index contributed by atoms with van der Waals surface area (Å²) in [7, 11) is 0. The molecule has 18 heavy (non-hydrogen) atoms. The van der Waals surface area contributed by atoms with E-state index in [1.165, 1.54) is 37.8 Å². The first-order valence-corrected chi connectivity index (χ1v) is 7.24. The van der Waals surface area contributed by atoms with Crippen molar-refractivity contribution in [3.05, 3.63) is 35.4 Å². The summed E-state index contributed by atoms with van der Waals surface area (Å²) >= 11 is 4.97. The lowest BCUT2D eigenvalue weighted by molar-refractivity contribution is 0.136. The second-order valence-electron chi connectivity index (χ2n) is 5.09. The van der Waals surface area contributed by atoms with Crippen molar-refractivity contribution in [2.24, 2.45) is 5.73 Å². The lowest BCUT2D eigenvalue weighted by atomic mass is 9.99. The summed E-state index contributed by atoms with van der Waals surface area (Å²) < 4.78 is 0. The summed E-state index contributed by atoms with van der Waals surface area (Å²) in [5, 5.41) is 0. The second kappa shape index (κ2) is 6.30. The van der Waals surface area contributed by atoms with E-state index >= 15 is 0 Å². The minimum atomic E-state index is 0.478. The molecule has 1 aromatic carbocycles. The molecule has 1 unspecified atom stereocenters. The molecule has 0 aliphatic carbocycles. The van der Waals surface area contributed by atoms with E-state index in [2.05, 4.69) is 24.0 Å². The Morgan fingerprint density at radius 1 is 1.33 bits per heavy atom. The molecule has 2 N–H and O–H groups in total. The summed E-state index contributed by atoms with van der Waals surface area (Å²) in [5.74, 6) is 0. The molecule has 0 bridgehead atoms. The van der Waals surface area contributed by atoms with Crippen LogP contribution < -0.4 is 5.73 Å². The number of hydrogen-bond acceptors (Lipinski definition) is 2. The first-order chi connectivity index (χ1) is 8.70. The number of thiocarbonyl (C=S) groups is 1. The van der Waals surface area contributed by atoms with E-state index in [0.29, 0.717) is 4.99 Å². The predicted octanol–water partition coefficient (Wildman–Crippen LogP) is 3.09. The molecule has 1 saturated heterocycles. The molecule has 1 atom stereocenters. The summed E-state index contributed by atoms with van der Waals surface area (Å²) in [6.07, 6.45) is 5.32. The molecule has 0 saturated carbocycles. The van der Waals surface area contributed by atoms with Crippen molar-refractivity contribution in [3.63, 3.8) is 0 Å². The normalized spacial score (nSPS) is 20.8. The van der Waals surface area contributed by atoms with Gasteiger partial charge < -0.3 is 5.73 Å². The fourth-order valence-electron chi connectivity index (χ4n) is 2.74. The number of likely N-dealkylation sites (tertiary alicyclic amines) is 1. The highest BCUT2D eigenvalue weighted by Crippen LogP contribution is 2.21. The third-order valence-electron chi connectivity index (χ3n) is 3.84. The van der Waals surface area contributed by atoms with Crippen molar-refractivity contribution in [2.45, 2.75) is 45.2 Å². The first kappa shape index (κ1) is 13.5. The Kier molecular flexibility index (Phi) is 4.72. The van der Waals surface area contributed by atoms with Gasteiger partial charge in [-0.25, -0.2) is 0 Å². The molecule has 98 valence electrons. The molecular formula is C15H22N2S. The highest BCUT2D eigenvalue weighted by atomic mass is 32.1. The average molecular weight is 262 g/mol. The van der Waals surface area contributed by atoms with Gasteiger partial charge in [-0.05, 0) is 31.4 Å². The summed E-state index contributed by atoms with van der Waals surface area (Å²) in [6, 6.07) is 9.12. The van der Waals surface area contributed by atoms with E-state index in [4.69, 9.17) is 18.0 Å². The molecule has 1 aliphatic heterocycles. The summed E-state index contributed by atoms with van der Waals surface area (Å²) in [4.78, 5) is 3.09. The SMILES string of the molecule is CCC1CCCCN1Cc1ccc(C(N)=S)cc1. The topological polar surface area (TPSA) is 29.3 Å². The fraction of sp³-hybridized carbons (Fsp3) is 0.533. The number of rotatable bonds is 4. The van der Waals surface area contributed by atoms with Crippen LogP contribution in [0.4, 0.5) is 0 Å². The van der Waals surface area contributed by atoms with Gasteiger partial charge in [0.05, 0.1) is 0 Å². The molecule has 1 aliphatic rings. The maximum Gasteiger partial charge on any atom is 0.103 e. The predicted molar refractivity (Wildman–Crippen MR) is 80.7 cm³/mol. The standard InChI is InChI=1S/C15H22N2S/c1-2-14-5-3-4-10-17(14)11-12-6-8-13(9-7-12)15(16)18/h6-9,14H,2-5,10-11H2,1H3,(H2,16,18). The maximum absolute atomic E-state index is 5.61. The number of hydrogen-bond donors (Lipinski definition) is 1. The Morgan fingerprint density at radius 3 is 2.67 bits per heavy atom. The van der Waals surface area contributed by atoms with Crippen LogP contribution in [0.15, 0.2) is 24.3 Å². The molecule has 0 radical (unpaired) electrons. The quantitative estimate of drug-likeness (QED) is 0.846. The minimum Gasteiger partial charge on any atom is -0.389 e. The number of nitrogens with zero attached hydrogens (tertiary/aromatic N) is 1. The van der Waals surface area contributed by atoms with Crippen molar-refractivity contribution < 1.29 is 0 Å². The van der Waals surface area contributed by atoms with E-state index in [9.17, 15) is 0 Å². The largest absolute Gasteiger partial charge is 0.389 e. The van der Waals surface area contributed by atoms with Crippen LogP contribution in [0.1, 0.15) is 43.7 Å². The van der Waals surface area contributed by atoms with Crippen LogP contribution in [0.5, 0.6) is 0 Å². The minimum absolute atomic E-state index is 0.478. The fourth-order valence-corrected chi connectivity index (χ4v) is 2.88. The van der Waals surface area contributed by atoms with E-state index < -0.39 is 0 Å². The van der Waals surface area contributed by atoms with Crippen molar-refractivity contribution in [1.82, 2.24) is 4.90 Å². The molecule has 0 amide bonds. The zero-order chi connectivity index (χ0) is 13.0. The highest BCUT2D eigenvalue weighted by molar-refractivity contribution is 7.80. The van der Waals surface area contributed by atoms with Gasteiger partial charge in [0.15, 0.2) is 0 Å². The Balaban J connectivity index is 2.01. The van der Waals surface area contributed by atoms with Crippen LogP contribution in [0, 0.1) is 0 Å². The number of benzene rings is 1. The first-order valence-electron chi connectivity index (χ1n) is 6.83. The zero-order valence-corrected chi connectivity index (χ0v) is 11.9. The van der Waals surface area contributed by atoms with Crippen LogP contribution >= 0.6 is 12.2 Å². The average Bonchev–Trinajstić information content (AvgIpc) is 2.40. The van der Waals surface area contributed by atoms with Gasteiger partial charge in [-0.15, -0.1) is 0 Å². The van der Waals surface area contributed by atoms with Crippen molar-refractivity contribution in [2.75, 3.05) is 6.54 Å². The molecule has 1 aromatic rings. The van der Waals surface area contributed by atoms with E-state index in [1.54, 1.807) is 0 Å². The highest BCUT2D eigenvalue weighted by Gasteiger charge is 2.20. The second-order valence-corrected chi connectivity index (χ2v) is 5.53. The number of nitrogens with two attached hydrogens (primary N) is 1. The van der Waals surface area contributed by atoms with E-state index in [1.807, 2.05) is 12.1 Å². The van der Waals surface area contributed by atoms with Crippen molar-refractivity contribution >= 4 is 17.2 Å². The third-order valence-corrected chi connectivity index (χ3v) is 4.08. The van der Waals surface area contributed by atoms with E-state index in [-0.39, 0.29) is 0 Å². The van der Waals surface area contributed by atoms with Gasteiger partial charge in [0.25, 0.3) is 0 Å². The van der Waals surface area contributed by atoms with Crippen LogP contribution in [-0.2, 0) is 6.54 Å². The Morgan fingerprint density at radius 2 is 2.06 bits per heavy atom. The lowest BCUT2D eigenvalue weighted by Gasteiger charge is -2.35. The van der Waals surface area contributed by atoms with Crippen LogP contribution in [0.25, 0.3) is 0 Å². The maximum atomic E-state index is 5.61. The van der Waals surface area contributed by atoms with Gasteiger partial charge in [-0.3, -0.25) is 4.90 Å². The Hall–Kier alpha value is -0.930. The summed E-state index contributed by atoms with van der Waals surface area (Å²) in [5.41, 5.74) is 7.93. The molecule has 0 aromatic heterocycles. The van der Waals surface area contributed by atoms with Crippen molar-refractivity contribution in [1.29, 1.82) is 0 Å². The van der Waals surface area contributed by atoms with Gasteiger partial charge in [0, 0.05) is 18.2 Å². The molecule has 1 heterocycles. The molecule has 1 fully saturated rings. The molecule has 2 nitrogen and oxygen atoms in total. The lowest BCUT2D eigenvalue weighted by Crippen LogP contribution is -2.38. The molecule has 2 rings (SSSR count). The van der Waals surface area contributed by atoms with Gasteiger partial charge in [-0.2, -0.15) is 0 Å². The monoisotopic (exact) mass is 262 g/mol. The van der Waals surface area contributed by atoms with Gasteiger partial charge in [-0.1, -0.05) is 49.8 Å². The smallest absolute Gasteiger partial charge is 0.103 e. The van der Waals surface area contributed by atoms with E-state index in [0.717, 1.165) is 18.2 Å². The van der Waals surface area contributed by atoms with Gasteiger partial charge >= 0.3 is 0 Å². The molecular weight excluding hydrogens is 240 g/mol. The Labute approximate surface area is 115 Å². The van der Waals surface area contributed by atoms with Crippen LogP contribution in [-0.4, -0.2) is 22.5 Å². The van der Waals surface area contributed by atoms with Crippen molar-refractivity contribution in [3.8, 4) is 0 Å². The summed E-state index contributed by atoms with van der Waals surface area (Å²) in [6.45, 7) is 4.57.